The molecule has 1 aliphatic rings. The van der Waals surface area contributed by atoms with E-state index in [-0.39, 0.29) is 36.7 Å². The van der Waals surface area contributed by atoms with Crippen LogP contribution in [0, 0.1) is 13.8 Å². The molecule has 5 rings (SSSR count). The number of carbonyl (C=O) groups excluding carboxylic acids is 1. The van der Waals surface area contributed by atoms with Gasteiger partial charge in [-0.25, -0.2) is 22.5 Å². The van der Waals surface area contributed by atoms with Crippen molar-refractivity contribution in [2.75, 3.05) is 51.5 Å². The van der Waals surface area contributed by atoms with Crippen molar-refractivity contribution in [3.63, 3.8) is 0 Å². The van der Waals surface area contributed by atoms with Crippen LogP contribution in [0.3, 0.4) is 0 Å². The largest absolute Gasteiger partial charge is 0.445 e. The van der Waals surface area contributed by atoms with Crippen molar-refractivity contribution in [3.05, 3.63) is 71.7 Å². The van der Waals surface area contributed by atoms with Crippen molar-refractivity contribution in [2.24, 2.45) is 0 Å². The van der Waals surface area contributed by atoms with Crippen molar-refractivity contribution in [1.29, 1.82) is 0 Å². The highest BCUT2D eigenvalue weighted by Gasteiger charge is 2.33. The molecular formula is C29H33N5O7S. The van der Waals surface area contributed by atoms with E-state index in [9.17, 15) is 13.2 Å². The van der Waals surface area contributed by atoms with E-state index in [4.69, 9.17) is 18.4 Å². The number of nitrogens with zero attached hydrogens (tertiary/aromatic N) is 5. The zero-order valence-electron chi connectivity index (χ0n) is 23.9. The number of aromatic nitrogens is 2. The molecule has 13 heteroatoms. The van der Waals surface area contributed by atoms with Crippen LogP contribution in [-0.4, -0.2) is 81.6 Å². The van der Waals surface area contributed by atoms with Crippen molar-refractivity contribution in [1.82, 2.24) is 19.9 Å². The predicted octanol–water partition coefficient (Wildman–Crippen LogP) is 4.30. The van der Waals surface area contributed by atoms with Gasteiger partial charge >= 0.3 is 6.03 Å². The topological polar surface area (TPSA) is 131 Å². The molecule has 3 heterocycles. The highest BCUT2D eigenvalue weighted by molar-refractivity contribution is 7.93. The zero-order chi connectivity index (χ0) is 29.9. The summed E-state index contributed by atoms with van der Waals surface area (Å²) in [5.41, 5.74) is 3.71. The lowest BCUT2D eigenvalue weighted by Gasteiger charge is -2.24. The van der Waals surface area contributed by atoms with Crippen molar-refractivity contribution < 1.29 is 31.6 Å². The number of oxazole rings is 1. The molecule has 0 atom stereocenters. The van der Waals surface area contributed by atoms with Gasteiger partial charge in [-0.1, -0.05) is 29.4 Å². The molecule has 2 amide bonds. The second-order valence-corrected chi connectivity index (χ2v) is 11.7. The number of anilines is 1. The van der Waals surface area contributed by atoms with Crippen molar-refractivity contribution in [3.8, 4) is 22.6 Å². The molecule has 222 valence electrons. The van der Waals surface area contributed by atoms with Gasteiger partial charge in [0.2, 0.25) is 11.8 Å². The second-order valence-electron chi connectivity index (χ2n) is 9.91. The second kappa shape index (κ2) is 12.3. The molecule has 0 radical (unpaired) electrons. The Kier molecular flexibility index (Phi) is 8.61. The Labute approximate surface area is 244 Å². The normalized spacial score (nSPS) is 13.8. The Balaban J connectivity index is 1.61. The van der Waals surface area contributed by atoms with E-state index in [0.717, 1.165) is 9.87 Å². The van der Waals surface area contributed by atoms with E-state index >= 15 is 0 Å². The number of carbonyl (C=O) groups is 1. The lowest BCUT2D eigenvalue weighted by molar-refractivity contribution is 0.0744. The number of aryl methyl sites for hydroxylation is 1. The fourth-order valence-electron chi connectivity index (χ4n) is 4.74. The Hall–Kier alpha value is -4.20. The summed E-state index contributed by atoms with van der Waals surface area (Å²) in [6, 6.07) is 12.2. The Bertz CT molecular complexity index is 1650. The van der Waals surface area contributed by atoms with Gasteiger partial charge in [0.25, 0.3) is 10.0 Å². The molecule has 0 unspecified atom stereocenters. The van der Waals surface area contributed by atoms with Gasteiger partial charge in [0.1, 0.15) is 13.0 Å². The first-order chi connectivity index (χ1) is 20.2. The number of amides is 2. The highest BCUT2D eigenvalue weighted by Crippen LogP contribution is 2.37. The summed E-state index contributed by atoms with van der Waals surface area (Å²) in [5, 5.41) is 3.97. The van der Waals surface area contributed by atoms with Crippen LogP contribution in [0.1, 0.15) is 16.8 Å². The molecule has 12 nitrogen and oxygen atoms in total. The highest BCUT2D eigenvalue weighted by atomic mass is 32.2. The molecule has 0 aliphatic carbocycles. The minimum atomic E-state index is -4.23. The van der Waals surface area contributed by atoms with Gasteiger partial charge in [-0.15, -0.1) is 0 Å². The Morgan fingerprint density at radius 2 is 1.88 bits per heavy atom. The third kappa shape index (κ3) is 5.75. The van der Waals surface area contributed by atoms with Gasteiger partial charge in [0.15, 0.2) is 0 Å². The van der Waals surface area contributed by atoms with E-state index < -0.39 is 10.0 Å². The van der Waals surface area contributed by atoms with E-state index in [1.807, 2.05) is 18.2 Å². The van der Waals surface area contributed by atoms with Gasteiger partial charge in [-0.3, -0.25) is 0 Å². The van der Waals surface area contributed by atoms with Gasteiger partial charge in [-0.2, -0.15) is 0 Å². The van der Waals surface area contributed by atoms with E-state index in [2.05, 4.69) is 10.1 Å². The number of sulfonamides is 1. The number of ether oxygens (including phenoxy) is 2. The molecule has 1 aliphatic heterocycles. The maximum Gasteiger partial charge on any atom is 0.320 e. The fourth-order valence-corrected chi connectivity index (χ4v) is 6.28. The number of likely N-dealkylation sites (N-methyl/N-ethyl adjacent to an activating group) is 1. The average molecular weight is 596 g/mol. The molecule has 1 saturated heterocycles. The van der Waals surface area contributed by atoms with Crippen LogP contribution >= 0.6 is 0 Å². The van der Waals surface area contributed by atoms with E-state index in [1.165, 1.54) is 13.4 Å². The summed E-state index contributed by atoms with van der Waals surface area (Å²) in [5.74, 6) is 0.494. The Morgan fingerprint density at radius 1 is 1.07 bits per heavy atom. The number of rotatable bonds is 12. The molecule has 42 heavy (non-hydrogen) atoms. The summed E-state index contributed by atoms with van der Waals surface area (Å²) in [7, 11) is -0.939. The van der Waals surface area contributed by atoms with Gasteiger partial charge in [0.05, 0.1) is 30.0 Å². The molecule has 0 saturated carbocycles. The van der Waals surface area contributed by atoms with Crippen LogP contribution < -0.4 is 4.31 Å². The molecule has 1 fully saturated rings. The predicted molar refractivity (Wildman–Crippen MR) is 154 cm³/mol. The summed E-state index contributed by atoms with van der Waals surface area (Å²) >= 11 is 0. The summed E-state index contributed by atoms with van der Waals surface area (Å²) < 4.78 is 51.6. The van der Waals surface area contributed by atoms with E-state index in [0.29, 0.717) is 53.5 Å². The fraction of sp³-hybridized carbons (Fsp3) is 0.345. The van der Waals surface area contributed by atoms with Crippen LogP contribution in [0.4, 0.5) is 10.7 Å². The van der Waals surface area contributed by atoms with Crippen LogP contribution in [0.15, 0.2) is 68.8 Å². The molecular weight excluding hydrogens is 562 g/mol. The van der Waals surface area contributed by atoms with E-state index in [1.54, 1.807) is 61.2 Å². The molecule has 0 spiro atoms. The first-order valence-corrected chi connectivity index (χ1v) is 14.8. The number of methoxy groups -OCH3 is 1. The van der Waals surface area contributed by atoms with Crippen LogP contribution in [0.25, 0.3) is 22.6 Å². The minimum absolute atomic E-state index is 0.0452. The average Bonchev–Trinajstić information content (AvgIpc) is 3.72. The van der Waals surface area contributed by atoms with Crippen molar-refractivity contribution in [2.45, 2.75) is 25.3 Å². The number of benzene rings is 2. The third-order valence-corrected chi connectivity index (χ3v) is 8.96. The maximum atomic E-state index is 14.4. The van der Waals surface area contributed by atoms with Crippen LogP contribution in [0.5, 0.6) is 0 Å². The van der Waals surface area contributed by atoms with Gasteiger partial charge in [0, 0.05) is 50.5 Å². The van der Waals surface area contributed by atoms with Gasteiger partial charge < -0.3 is 28.2 Å². The zero-order valence-corrected chi connectivity index (χ0v) is 24.8. The van der Waals surface area contributed by atoms with Gasteiger partial charge in [-0.05, 0) is 43.2 Å². The first kappa shape index (κ1) is 29.3. The van der Waals surface area contributed by atoms with Crippen LogP contribution in [0.2, 0.25) is 0 Å². The Morgan fingerprint density at radius 3 is 2.55 bits per heavy atom. The SMILES string of the molecule is COCCOCN(c1onc(C)c1C)S(=O)(=O)c1ccccc1-c1ccc(-c2ncco2)cc1CN1CCN(C)C1=O. The smallest absolute Gasteiger partial charge is 0.320 e. The molecule has 2 aromatic carbocycles. The number of hydrogen-bond acceptors (Lipinski definition) is 9. The lowest BCUT2D eigenvalue weighted by Crippen LogP contribution is -2.34. The summed E-state index contributed by atoms with van der Waals surface area (Å²) in [6.07, 6.45) is 3.04. The minimum Gasteiger partial charge on any atom is -0.445 e. The summed E-state index contributed by atoms with van der Waals surface area (Å²) in [4.78, 5) is 20.5. The lowest BCUT2D eigenvalue weighted by atomic mass is 9.97. The molecule has 0 N–H and O–H groups in total. The summed E-state index contributed by atoms with van der Waals surface area (Å²) in [6.45, 7) is 5.08. The first-order valence-electron chi connectivity index (χ1n) is 13.4. The molecule has 0 bridgehead atoms. The molecule has 2 aromatic heterocycles. The molecule has 4 aromatic rings. The number of hydrogen-bond donors (Lipinski definition) is 0. The monoisotopic (exact) mass is 595 g/mol. The number of urea groups is 1. The third-order valence-electron chi connectivity index (χ3n) is 7.19. The standard InChI is InChI=1S/C29H33N5O7S/c1-20-21(2)31-41-28(20)34(19-39-16-15-38-4)42(36,37)26-8-6-5-7-25(26)24-10-9-22(27-30-11-14-40-27)17-23(24)18-33-13-12-32(3)29(33)35/h5-11,14,17H,12-13,15-16,18-19H2,1-4H3. The maximum absolute atomic E-state index is 14.4. The van der Waals surface area contributed by atoms with Crippen molar-refractivity contribution >= 4 is 21.9 Å². The quantitative estimate of drug-likeness (QED) is 0.174. The van der Waals surface area contributed by atoms with Crippen LogP contribution in [-0.2, 0) is 26.0 Å².